The molecule has 7 heteroatoms. The second-order valence-corrected chi connectivity index (χ2v) is 6.24. The third-order valence-corrected chi connectivity index (χ3v) is 4.41. The van der Waals surface area contributed by atoms with E-state index in [1.54, 1.807) is 12.1 Å². The maximum Gasteiger partial charge on any atom is 0.242 e. The quantitative estimate of drug-likeness (QED) is 0.508. The van der Waals surface area contributed by atoms with Gasteiger partial charge in [0.2, 0.25) is 15.9 Å². The van der Waals surface area contributed by atoms with E-state index in [2.05, 4.69) is 10.0 Å². The van der Waals surface area contributed by atoms with E-state index in [4.69, 9.17) is 5.73 Å². The Morgan fingerprint density at radius 1 is 1.26 bits per heavy atom. The van der Waals surface area contributed by atoms with Gasteiger partial charge in [-0.1, -0.05) is 12.1 Å². The van der Waals surface area contributed by atoms with Gasteiger partial charge in [0.25, 0.3) is 0 Å². The van der Waals surface area contributed by atoms with Crippen molar-refractivity contribution in [2.75, 3.05) is 18.8 Å². The van der Waals surface area contributed by atoms with Gasteiger partial charge >= 0.3 is 0 Å². The molecular weight excluding hydrogens is 266 g/mol. The summed E-state index contributed by atoms with van der Waals surface area (Å²) in [6.07, 6.45) is 1.86. The van der Waals surface area contributed by atoms with Crippen LogP contribution in [0.3, 0.4) is 0 Å². The zero-order chi connectivity index (χ0) is 13.9. The van der Waals surface area contributed by atoms with Crippen LogP contribution in [0, 0.1) is 5.92 Å². The number of anilines is 1. The first kappa shape index (κ1) is 13.8. The van der Waals surface area contributed by atoms with Crippen LogP contribution in [-0.2, 0) is 14.8 Å². The van der Waals surface area contributed by atoms with Crippen LogP contribution in [0.15, 0.2) is 29.2 Å². The maximum absolute atomic E-state index is 11.9. The number of rotatable bonds is 6. The van der Waals surface area contributed by atoms with Crippen molar-refractivity contribution in [2.45, 2.75) is 17.7 Å². The van der Waals surface area contributed by atoms with E-state index in [1.807, 2.05) is 0 Å². The first-order chi connectivity index (χ1) is 9.00. The van der Waals surface area contributed by atoms with Gasteiger partial charge in [0.05, 0.1) is 5.69 Å². The minimum atomic E-state index is -3.62. The third kappa shape index (κ3) is 3.68. The zero-order valence-corrected chi connectivity index (χ0v) is 11.2. The molecular formula is C12H17N3O3S. The summed E-state index contributed by atoms with van der Waals surface area (Å²) in [6, 6.07) is 6.26. The normalized spacial score (nSPS) is 15.2. The zero-order valence-electron chi connectivity index (χ0n) is 10.4. The molecule has 1 aliphatic rings. The average Bonchev–Trinajstić information content (AvgIpc) is 3.19. The summed E-state index contributed by atoms with van der Waals surface area (Å²) in [6.45, 7) is 0.427. The van der Waals surface area contributed by atoms with Crippen molar-refractivity contribution < 1.29 is 13.2 Å². The highest BCUT2D eigenvalue weighted by Crippen LogP contribution is 2.28. The van der Waals surface area contributed by atoms with E-state index >= 15 is 0 Å². The highest BCUT2D eigenvalue weighted by atomic mass is 32.2. The Kier molecular flexibility index (Phi) is 4.06. The maximum atomic E-state index is 11.9. The van der Waals surface area contributed by atoms with Gasteiger partial charge < -0.3 is 11.1 Å². The van der Waals surface area contributed by atoms with Gasteiger partial charge in [-0.05, 0) is 25.0 Å². The van der Waals surface area contributed by atoms with Crippen molar-refractivity contribution in [1.82, 2.24) is 10.0 Å². The van der Waals surface area contributed by atoms with E-state index in [-0.39, 0.29) is 35.5 Å². The molecule has 1 aromatic rings. The number of hydrogen-bond acceptors (Lipinski definition) is 4. The van der Waals surface area contributed by atoms with Crippen molar-refractivity contribution in [3.63, 3.8) is 0 Å². The minimum absolute atomic E-state index is 0.00146. The van der Waals surface area contributed by atoms with Gasteiger partial charge in [0.15, 0.2) is 0 Å². The lowest BCUT2D eigenvalue weighted by molar-refractivity contribution is -0.122. The Balaban J connectivity index is 1.84. The van der Waals surface area contributed by atoms with Crippen LogP contribution >= 0.6 is 0 Å². The van der Waals surface area contributed by atoms with Crippen LogP contribution < -0.4 is 15.8 Å². The standard InChI is InChI=1S/C12H17N3O3S/c13-10-3-1-2-4-11(10)19(17,18)15-8-7-14-12(16)9-5-6-9/h1-4,9,15H,5-8,13H2,(H,14,16). The summed E-state index contributed by atoms with van der Waals surface area (Å²) in [5.41, 5.74) is 5.82. The van der Waals surface area contributed by atoms with E-state index in [1.165, 1.54) is 12.1 Å². The smallest absolute Gasteiger partial charge is 0.242 e. The van der Waals surface area contributed by atoms with Gasteiger partial charge in [-0.25, -0.2) is 13.1 Å². The van der Waals surface area contributed by atoms with Crippen LogP contribution in [0.1, 0.15) is 12.8 Å². The lowest BCUT2D eigenvalue weighted by Crippen LogP contribution is -2.35. The molecule has 0 atom stereocenters. The van der Waals surface area contributed by atoms with Gasteiger partial charge in [-0.2, -0.15) is 0 Å². The van der Waals surface area contributed by atoms with Crippen molar-refractivity contribution in [2.24, 2.45) is 5.92 Å². The summed E-state index contributed by atoms with van der Waals surface area (Å²) in [5.74, 6) is 0.125. The number of nitrogens with one attached hydrogen (secondary N) is 2. The summed E-state index contributed by atoms with van der Waals surface area (Å²) in [5, 5.41) is 2.69. The van der Waals surface area contributed by atoms with Crippen molar-refractivity contribution in [1.29, 1.82) is 0 Å². The molecule has 0 aliphatic heterocycles. The lowest BCUT2D eigenvalue weighted by Gasteiger charge is -2.09. The van der Waals surface area contributed by atoms with E-state index in [0.717, 1.165) is 12.8 Å². The molecule has 0 unspecified atom stereocenters. The first-order valence-corrected chi connectivity index (χ1v) is 7.61. The van der Waals surface area contributed by atoms with Crippen LogP contribution in [0.2, 0.25) is 0 Å². The Morgan fingerprint density at radius 3 is 2.58 bits per heavy atom. The Morgan fingerprint density at radius 2 is 1.95 bits per heavy atom. The summed E-state index contributed by atoms with van der Waals surface area (Å²) in [7, 11) is -3.62. The topological polar surface area (TPSA) is 101 Å². The molecule has 6 nitrogen and oxygen atoms in total. The molecule has 104 valence electrons. The number of benzene rings is 1. The highest BCUT2D eigenvalue weighted by Gasteiger charge is 2.29. The predicted molar refractivity (Wildman–Crippen MR) is 71.8 cm³/mol. The fourth-order valence-corrected chi connectivity index (χ4v) is 2.83. The number of amides is 1. The number of nitrogen functional groups attached to an aromatic ring is 1. The Hall–Kier alpha value is -1.60. The van der Waals surface area contributed by atoms with E-state index in [0.29, 0.717) is 0 Å². The van der Waals surface area contributed by atoms with Gasteiger partial charge in [0, 0.05) is 19.0 Å². The number of carbonyl (C=O) groups is 1. The highest BCUT2D eigenvalue weighted by molar-refractivity contribution is 7.89. The van der Waals surface area contributed by atoms with Crippen LogP contribution in [-0.4, -0.2) is 27.4 Å². The molecule has 0 radical (unpaired) electrons. The Labute approximate surface area is 112 Å². The van der Waals surface area contributed by atoms with Crippen molar-refractivity contribution >= 4 is 21.6 Å². The van der Waals surface area contributed by atoms with Crippen LogP contribution in [0.4, 0.5) is 5.69 Å². The SMILES string of the molecule is Nc1ccccc1S(=O)(=O)NCCNC(=O)C1CC1. The second kappa shape index (κ2) is 5.58. The fourth-order valence-electron chi connectivity index (χ4n) is 1.66. The van der Waals surface area contributed by atoms with Crippen molar-refractivity contribution in [3.05, 3.63) is 24.3 Å². The number of nitrogens with two attached hydrogens (primary N) is 1. The molecule has 1 fully saturated rings. The molecule has 0 saturated heterocycles. The largest absolute Gasteiger partial charge is 0.398 e. The molecule has 0 spiro atoms. The average molecular weight is 283 g/mol. The number of carbonyl (C=O) groups excluding carboxylic acids is 1. The molecule has 19 heavy (non-hydrogen) atoms. The Bertz CT molecular complexity index is 567. The molecule has 1 aromatic carbocycles. The van der Waals surface area contributed by atoms with Gasteiger partial charge in [-0.15, -0.1) is 0 Å². The molecule has 2 rings (SSSR count). The first-order valence-electron chi connectivity index (χ1n) is 6.12. The van der Waals surface area contributed by atoms with Crippen LogP contribution in [0.5, 0.6) is 0 Å². The fraction of sp³-hybridized carbons (Fsp3) is 0.417. The molecule has 1 amide bonds. The molecule has 4 N–H and O–H groups in total. The molecule has 1 saturated carbocycles. The summed E-state index contributed by atoms with van der Waals surface area (Å²) >= 11 is 0. The molecule has 0 bridgehead atoms. The van der Waals surface area contributed by atoms with Crippen LogP contribution in [0.25, 0.3) is 0 Å². The second-order valence-electron chi connectivity index (χ2n) is 4.50. The number of sulfonamides is 1. The van der Waals surface area contributed by atoms with E-state index < -0.39 is 10.0 Å². The minimum Gasteiger partial charge on any atom is -0.398 e. The summed E-state index contributed by atoms with van der Waals surface area (Å²) in [4.78, 5) is 11.4. The van der Waals surface area contributed by atoms with Crippen molar-refractivity contribution in [3.8, 4) is 0 Å². The lowest BCUT2D eigenvalue weighted by atomic mass is 10.3. The number of para-hydroxylation sites is 1. The third-order valence-electron chi connectivity index (χ3n) is 2.87. The van der Waals surface area contributed by atoms with Gasteiger partial charge in [-0.3, -0.25) is 4.79 Å². The molecule has 0 aromatic heterocycles. The van der Waals surface area contributed by atoms with Gasteiger partial charge in [0.1, 0.15) is 4.90 Å². The monoisotopic (exact) mass is 283 g/mol. The number of hydrogen-bond donors (Lipinski definition) is 3. The predicted octanol–water partition coefficient (Wildman–Crippen LogP) is 0.0733. The molecule has 0 heterocycles. The molecule has 1 aliphatic carbocycles. The summed E-state index contributed by atoms with van der Waals surface area (Å²) < 4.78 is 26.3. The van der Waals surface area contributed by atoms with E-state index in [9.17, 15) is 13.2 Å².